The molecule has 0 aliphatic rings. The summed E-state index contributed by atoms with van der Waals surface area (Å²) in [6.07, 6.45) is 43.0. The van der Waals surface area contributed by atoms with Crippen molar-refractivity contribution in [3.63, 3.8) is 0 Å². The summed E-state index contributed by atoms with van der Waals surface area (Å²) < 4.78 is 19.6. The van der Waals surface area contributed by atoms with Gasteiger partial charge in [-0.15, -0.1) is 0 Å². The van der Waals surface area contributed by atoms with Crippen LogP contribution < -0.4 is 14.2 Å². The van der Waals surface area contributed by atoms with E-state index in [0.29, 0.717) is 0 Å². The van der Waals surface area contributed by atoms with Crippen LogP contribution in [-0.4, -0.2) is 19.8 Å². The van der Waals surface area contributed by atoms with Gasteiger partial charge in [0.05, 0.1) is 19.8 Å². The monoisotopic (exact) mass is 686 g/mol. The Hall–Kier alpha value is -1.38. The first-order chi connectivity index (χ1) is 24.3. The molecule has 0 amide bonds. The maximum Gasteiger partial charge on any atom is 0.203 e. The van der Waals surface area contributed by atoms with E-state index in [1.807, 2.05) is 0 Å². The first-order valence-electron chi connectivity index (χ1n) is 22.1. The van der Waals surface area contributed by atoms with Crippen molar-refractivity contribution in [1.29, 1.82) is 0 Å². The van der Waals surface area contributed by atoms with E-state index in [0.717, 1.165) is 75.6 Å². The van der Waals surface area contributed by atoms with Crippen LogP contribution in [0.25, 0.3) is 0 Å². The molecule has 1 aromatic rings. The van der Waals surface area contributed by atoms with Gasteiger partial charge >= 0.3 is 0 Å². The standard InChI is InChI=1S/C46H85O3/c1-5-9-13-16-19-22-25-28-31-34-38-47-44-41-43(37-12-8-4)42-45(48-39-35-32-29-26-23-20-17-14-10-6-2)46(44)49-40-36-33-30-27-24-21-18-15-11-7-3/h41-42H,4-40H2,1-3H3. The Morgan fingerprint density at radius 1 is 0.367 bits per heavy atom. The molecule has 1 rings (SSSR count). The van der Waals surface area contributed by atoms with E-state index < -0.39 is 0 Å². The smallest absolute Gasteiger partial charge is 0.203 e. The normalized spacial score (nSPS) is 11.3. The SMILES string of the molecule is [CH2]CCCc1cc(OCCCCCCCCCCCC)c(OCCCCCCCCCCCC)c(OCCCCCCCCCCCC)c1. The highest BCUT2D eigenvalue weighted by Crippen LogP contribution is 2.40. The summed E-state index contributed by atoms with van der Waals surface area (Å²) in [7, 11) is 0. The number of hydrogen-bond donors (Lipinski definition) is 0. The first kappa shape index (κ1) is 45.6. The van der Waals surface area contributed by atoms with Crippen molar-refractivity contribution in [2.45, 2.75) is 233 Å². The molecule has 0 fully saturated rings. The molecule has 49 heavy (non-hydrogen) atoms. The summed E-state index contributed by atoms with van der Waals surface area (Å²) in [5.74, 6) is 2.62. The molecule has 1 aromatic carbocycles. The Morgan fingerprint density at radius 2 is 0.653 bits per heavy atom. The average molecular weight is 686 g/mol. The maximum atomic E-state index is 6.54. The van der Waals surface area contributed by atoms with E-state index in [4.69, 9.17) is 14.2 Å². The van der Waals surface area contributed by atoms with Crippen LogP contribution in [-0.2, 0) is 6.42 Å². The first-order valence-corrected chi connectivity index (χ1v) is 22.1. The van der Waals surface area contributed by atoms with Crippen LogP contribution in [0, 0.1) is 6.92 Å². The molecule has 0 saturated heterocycles. The van der Waals surface area contributed by atoms with Gasteiger partial charge in [-0.1, -0.05) is 207 Å². The van der Waals surface area contributed by atoms with E-state index in [2.05, 4.69) is 39.8 Å². The molecule has 0 saturated carbocycles. The second-order valence-electron chi connectivity index (χ2n) is 15.0. The van der Waals surface area contributed by atoms with Gasteiger partial charge in [-0.25, -0.2) is 0 Å². The van der Waals surface area contributed by atoms with E-state index in [-0.39, 0.29) is 0 Å². The largest absolute Gasteiger partial charge is 0.490 e. The van der Waals surface area contributed by atoms with Gasteiger partial charge in [0.15, 0.2) is 11.5 Å². The zero-order valence-electron chi connectivity index (χ0n) is 33.5. The molecule has 0 spiro atoms. The number of aryl methyl sites for hydroxylation is 1. The third-order valence-corrected chi connectivity index (χ3v) is 10.1. The summed E-state index contributed by atoms with van der Waals surface area (Å²) in [5, 5.41) is 0. The quantitative estimate of drug-likeness (QED) is 0.0646. The van der Waals surface area contributed by atoms with E-state index >= 15 is 0 Å². The fourth-order valence-corrected chi connectivity index (χ4v) is 6.77. The molecule has 3 nitrogen and oxygen atoms in total. The van der Waals surface area contributed by atoms with Crippen molar-refractivity contribution in [2.75, 3.05) is 19.8 Å². The van der Waals surface area contributed by atoms with Gasteiger partial charge in [0, 0.05) is 0 Å². The van der Waals surface area contributed by atoms with Gasteiger partial charge in [0.2, 0.25) is 5.75 Å². The lowest BCUT2D eigenvalue weighted by Crippen LogP contribution is -2.07. The van der Waals surface area contributed by atoms with Gasteiger partial charge in [0.25, 0.3) is 0 Å². The highest BCUT2D eigenvalue weighted by Gasteiger charge is 2.16. The van der Waals surface area contributed by atoms with Gasteiger partial charge in [-0.05, 0) is 49.8 Å². The molecule has 0 unspecified atom stereocenters. The molecule has 287 valence electrons. The zero-order valence-corrected chi connectivity index (χ0v) is 33.5. The van der Waals surface area contributed by atoms with E-state index in [1.165, 1.54) is 179 Å². The Kier molecular flexibility index (Phi) is 33.9. The zero-order chi connectivity index (χ0) is 35.3. The van der Waals surface area contributed by atoms with Gasteiger partial charge < -0.3 is 14.2 Å². The molecule has 0 aromatic heterocycles. The van der Waals surface area contributed by atoms with Gasteiger partial charge in [-0.2, -0.15) is 0 Å². The van der Waals surface area contributed by atoms with Crippen molar-refractivity contribution < 1.29 is 14.2 Å². The number of hydrogen-bond acceptors (Lipinski definition) is 3. The van der Waals surface area contributed by atoms with E-state index in [1.54, 1.807) is 0 Å². The van der Waals surface area contributed by atoms with Crippen molar-refractivity contribution in [1.82, 2.24) is 0 Å². The molecule has 0 heterocycles. The lowest BCUT2D eigenvalue weighted by Gasteiger charge is -2.19. The lowest BCUT2D eigenvalue weighted by atomic mass is 10.1. The predicted molar refractivity (Wildman–Crippen MR) is 217 cm³/mol. The number of ether oxygens (including phenoxy) is 3. The second kappa shape index (κ2) is 36.4. The predicted octanol–water partition coefficient (Wildman–Crippen LogP) is 15.7. The van der Waals surface area contributed by atoms with Crippen molar-refractivity contribution in [3.05, 3.63) is 24.6 Å². The fraction of sp³-hybridized carbons (Fsp3) is 0.848. The van der Waals surface area contributed by atoms with E-state index in [9.17, 15) is 0 Å². The summed E-state index contributed by atoms with van der Waals surface area (Å²) in [4.78, 5) is 0. The van der Waals surface area contributed by atoms with Crippen LogP contribution in [0.3, 0.4) is 0 Å². The van der Waals surface area contributed by atoms with Gasteiger partial charge in [0.1, 0.15) is 0 Å². The van der Waals surface area contributed by atoms with Crippen LogP contribution in [0.4, 0.5) is 0 Å². The molecular weight excluding hydrogens is 601 g/mol. The molecule has 0 aliphatic heterocycles. The summed E-state index contributed by atoms with van der Waals surface area (Å²) in [5.41, 5.74) is 1.28. The van der Waals surface area contributed by atoms with Crippen LogP contribution in [0.5, 0.6) is 17.2 Å². The molecule has 0 aliphatic carbocycles. The molecule has 1 radical (unpaired) electrons. The number of benzene rings is 1. The molecule has 0 bridgehead atoms. The number of unbranched alkanes of at least 4 members (excludes halogenated alkanes) is 28. The molecule has 3 heteroatoms. The minimum Gasteiger partial charge on any atom is -0.490 e. The van der Waals surface area contributed by atoms with Crippen LogP contribution in [0.15, 0.2) is 12.1 Å². The van der Waals surface area contributed by atoms with Crippen LogP contribution >= 0.6 is 0 Å². The van der Waals surface area contributed by atoms with Crippen molar-refractivity contribution in [2.24, 2.45) is 0 Å². The average Bonchev–Trinajstić information content (AvgIpc) is 3.11. The van der Waals surface area contributed by atoms with Crippen molar-refractivity contribution >= 4 is 0 Å². The Morgan fingerprint density at radius 3 is 0.959 bits per heavy atom. The Balaban J connectivity index is 2.64. The third kappa shape index (κ3) is 28.0. The highest BCUT2D eigenvalue weighted by atomic mass is 16.5. The van der Waals surface area contributed by atoms with Crippen LogP contribution in [0.1, 0.15) is 232 Å². The summed E-state index contributed by atoms with van der Waals surface area (Å²) in [6.45, 7) is 13.2. The van der Waals surface area contributed by atoms with Crippen molar-refractivity contribution in [3.8, 4) is 17.2 Å². The minimum absolute atomic E-state index is 0.734. The fourth-order valence-electron chi connectivity index (χ4n) is 6.77. The highest BCUT2D eigenvalue weighted by molar-refractivity contribution is 5.54. The Bertz CT molecular complexity index is 759. The molecule has 0 N–H and O–H groups in total. The molecule has 0 atom stereocenters. The third-order valence-electron chi connectivity index (χ3n) is 10.1. The lowest BCUT2D eigenvalue weighted by molar-refractivity contribution is 0.234. The topological polar surface area (TPSA) is 27.7 Å². The number of rotatable bonds is 39. The maximum absolute atomic E-state index is 6.54. The Labute approximate surface area is 307 Å². The van der Waals surface area contributed by atoms with Gasteiger partial charge in [-0.3, -0.25) is 0 Å². The molecular formula is C46H85O3. The summed E-state index contributed by atoms with van der Waals surface area (Å²) in [6, 6.07) is 4.46. The minimum atomic E-state index is 0.734. The summed E-state index contributed by atoms with van der Waals surface area (Å²) >= 11 is 0. The second-order valence-corrected chi connectivity index (χ2v) is 15.0. The van der Waals surface area contributed by atoms with Crippen LogP contribution in [0.2, 0.25) is 0 Å².